The monoisotopic (exact) mass is 744 g/mol. The zero-order valence-electron chi connectivity index (χ0n) is 22.3. The number of halogens is 3. The smallest absolute Gasteiger partial charge is 0.326 e. The van der Waals surface area contributed by atoms with Crippen molar-refractivity contribution in [3.05, 3.63) is 102 Å². The normalized spacial score (nSPS) is 14.8. The second kappa shape index (κ2) is 14.4. The number of hydrogen-bond donors (Lipinski definition) is 3. The Hall–Kier alpha value is -3.13. The lowest BCUT2D eigenvalue weighted by Crippen LogP contribution is -2.41. The van der Waals surface area contributed by atoms with E-state index >= 15 is 0 Å². The lowest BCUT2D eigenvalue weighted by Gasteiger charge is -2.29. The van der Waals surface area contributed by atoms with Gasteiger partial charge in [-0.25, -0.2) is 13.2 Å². The number of para-hydroxylation sites is 1. The molecule has 42 heavy (non-hydrogen) atoms. The molecule has 222 valence electrons. The van der Waals surface area contributed by atoms with Crippen molar-refractivity contribution in [3.63, 3.8) is 0 Å². The Bertz CT molecular complexity index is 1630. The van der Waals surface area contributed by atoms with Crippen LogP contribution in [0.4, 0.5) is 0 Å². The molecule has 3 N–H and O–H groups in total. The van der Waals surface area contributed by atoms with E-state index in [1.54, 1.807) is 23.1 Å². The van der Waals surface area contributed by atoms with Crippen LogP contribution in [-0.2, 0) is 32.4 Å². The van der Waals surface area contributed by atoms with Crippen LogP contribution in [0.25, 0.3) is 6.08 Å². The van der Waals surface area contributed by atoms with Crippen LogP contribution < -0.4 is 5.32 Å². The Kier molecular flexibility index (Phi) is 11.4. The lowest BCUT2D eigenvalue weighted by atomic mass is 9.96. The summed E-state index contributed by atoms with van der Waals surface area (Å²) in [6, 6.07) is 6.74. The fourth-order valence-corrected chi connectivity index (χ4v) is 6.63. The molecular formula is C29H27Cl2IN2O7S. The van der Waals surface area contributed by atoms with E-state index in [-0.39, 0.29) is 45.1 Å². The van der Waals surface area contributed by atoms with E-state index in [1.165, 1.54) is 42.5 Å². The van der Waals surface area contributed by atoms with E-state index in [1.807, 2.05) is 22.6 Å². The van der Waals surface area contributed by atoms with Gasteiger partial charge < -0.3 is 20.4 Å². The quantitative estimate of drug-likeness (QED) is 0.170. The maximum absolute atomic E-state index is 13.2. The maximum Gasteiger partial charge on any atom is 0.326 e. The molecule has 0 bridgehead atoms. The van der Waals surface area contributed by atoms with E-state index in [9.17, 15) is 33.0 Å². The molecule has 3 rings (SSSR count). The van der Waals surface area contributed by atoms with Gasteiger partial charge in [-0.05, 0) is 74.1 Å². The molecule has 1 atom stereocenters. The number of carboxylic acids is 1. The number of aromatic hydroxyl groups is 1. The molecule has 0 aromatic heterocycles. The summed E-state index contributed by atoms with van der Waals surface area (Å²) in [7, 11) is -3.59. The Morgan fingerprint density at radius 3 is 2.55 bits per heavy atom. The van der Waals surface area contributed by atoms with Gasteiger partial charge in [-0.1, -0.05) is 54.1 Å². The predicted molar refractivity (Wildman–Crippen MR) is 171 cm³/mol. The number of aliphatic carboxylic acids is 1. The Morgan fingerprint density at radius 2 is 1.93 bits per heavy atom. The van der Waals surface area contributed by atoms with Crippen LogP contribution in [0.15, 0.2) is 69.7 Å². The number of carboxylic acid groups (broad SMARTS) is 1. The van der Waals surface area contributed by atoms with Gasteiger partial charge in [-0.15, -0.1) is 0 Å². The molecule has 1 aliphatic rings. The van der Waals surface area contributed by atoms with Gasteiger partial charge in [0.15, 0.2) is 9.84 Å². The number of benzene rings is 2. The largest absolute Gasteiger partial charge is 0.507 e. The maximum atomic E-state index is 13.2. The predicted octanol–water partition coefficient (Wildman–Crippen LogP) is 5.30. The highest BCUT2D eigenvalue weighted by atomic mass is 127. The molecular weight excluding hydrogens is 718 g/mol. The molecule has 9 nitrogen and oxygen atoms in total. The summed E-state index contributed by atoms with van der Waals surface area (Å²) in [6.45, 7) is 3.98. The first-order valence-corrected chi connectivity index (χ1v) is 16.1. The highest BCUT2D eigenvalue weighted by Crippen LogP contribution is 2.35. The Balaban J connectivity index is 1.79. The second-order valence-electron chi connectivity index (χ2n) is 9.32. The van der Waals surface area contributed by atoms with Crippen LogP contribution in [0.5, 0.6) is 5.75 Å². The lowest BCUT2D eigenvalue weighted by molar-refractivity contribution is -0.139. The number of phenolic OH excluding ortho intramolecular Hbond substituents is 1. The zero-order chi connectivity index (χ0) is 31.2. The van der Waals surface area contributed by atoms with E-state index in [0.29, 0.717) is 33.2 Å². The van der Waals surface area contributed by atoms with Gasteiger partial charge in [0.1, 0.15) is 11.8 Å². The Labute approximate surface area is 267 Å². The van der Waals surface area contributed by atoms with Gasteiger partial charge >= 0.3 is 5.97 Å². The summed E-state index contributed by atoms with van der Waals surface area (Å²) >= 11 is 14.8. The molecule has 2 amide bonds. The van der Waals surface area contributed by atoms with Crippen LogP contribution in [0.1, 0.15) is 33.5 Å². The average Bonchev–Trinajstić information content (AvgIpc) is 2.91. The summed E-state index contributed by atoms with van der Waals surface area (Å²) in [6.07, 6.45) is 7.92. The van der Waals surface area contributed by atoms with Gasteiger partial charge in [0.2, 0.25) is 5.91 Å². The van der Waals surface area contributed by atoms with Crippen molar-refractivity contribution in [2.45, 2.75) is 25.4 Å². The number of amides is 2. The molecule has 0 saturated heterocycles. The van der Waals surface area contributed by atoms with Crippen molar-refractivity contribution >= 4 is 79.5 Å². The second-order valence-corrected chi connectivity index (χ2v) is 13.5. The van der Waals surface area contributed by atoms with Crippen molar-refractivity contribution in [1.29, 1.82) is 0 Å². The van der Waals surface area contributed by atoms with Gasteiger partial charge in [-0.2, -0.15) is 0 Å². The third kappa shape index (κ3) is 8.46. The number of allylic oxidation sites excluding steroid dienone is 3. The molecule has 0 unspecified atom stereocenters. The summed E-state index contributed by atoms with van der Waals surface area (Å²) in [5, 5.41) is 22.1. The number of rotatable bonds is 10. The molecule has 0 aliphatic carbocycles. The van der Waals surface area contributed by atoms with Crippen LogP contribution >= 0.6 is 45.8 Å². The van der Waals surface area contributed by atoms with Crippen LogP contribution in [0, 0.1) is 0 Å². The number of nitrogens with zero attached hydrogens (tertiary/aromatic N) is 1. The number of sulfone groups is 1. The van der Waals surface area contributed by atoms with Crippen LogP contribution in [0.2, 0.25) is 10.0 Å². The third-order valence-electron chi connectivity index (χ3n) is 6.30. The summed E-state index contributed by atoms with van der Waals surface area (Å²) in [5.74, 6) is -2.38. The van der Waals surface area contributed by atoms with E-state index in [2.05, 4.69) is 11.9 Å². The number of fused-ring (bicyclic) bond motifs is 1. The summed E-state index contributed by atoms with van der Waals surface area (Å²) in [5.41, 5.74) is 1.67. The third-order valence-corrected chi connectivity index (χ3v) is 8.87. The Morgan fingerprint density at radius 1 is 1.24 bits per heavy atom. The van der Waals surface area contributed by atoms with E-state index in [0.717, 1.165) is 6.26 Å². The topological polar surface area (TPSA) is 141 Å². The van der Waals surface area contributed by atoms with Crippen molar-refractivity contribution in [1.82, 2.24) is 10.2 Å². The van der Waals surface area contributed by atoms with Gasteiger partial charge in [-0.3, -0.25) is 9.59 Å². The van der Waals surface area contributed by atoms with Crippen molar-refractivity contribution in [2.24, 2.45) is 0 Å². The number of phenols is 1. The summed E-state index contributed by atoms with van der Waals surface area (Å²) < 4.78 is 24.3. The van der Waals surface area contributed by atoms with Crippen molar-refractivity contribution < 1.29 is 33.0 Å². The average molecular weight is 745 g/mol. The first kappa shape index (κ1) is 33.4. The summed E-state index contributed by atoms with van der Waals surface area (Å²) in [4.78, 5) is 39.5. The number of carbonyl (C=O) groups excluding carboxylic acids is 2. The fourth-order valence-electron chi connectivity index (χ4n) is 4.18. The molecule has 1 aliphatic heterocycles. The van der Waals surface area contributed by atoms with E-state index in [4.69, 9.17) is 23.2 Å². The zero-order valence-corrected chi connectivity index (χ0v) is 26.8. The van der Waals surface area contributed by atoms with Crippen LogP contribution in [0.3, 0.4) is 0 Å². The van der Waals surface area contributed by atoms with Crippen molar-refractivity contribution in [3.8, 4) is 5.75 Å². The van der Waals surface area contributed by atoms with Gasteiger partial charge in [0.05, 0.1) is 20.5 Å². The minimum absolute atomic E-state index is 0.0158. The highest BCUT2D eigenvalue weighted by molar-refractivity contribution is 14.1. The molecule has 0 spiro atoms. The van der Waals surface area contributed by atoms with Gasteiger partial charge in [0, 0.05) is 37.4 Å². The number of hydrogen-bond acceptors (Lipinski definition) is 6. The van der Waals surface area contributed by atoms with Gasteiger partial charge in [0.25, 0.3) is 5.91 Å². The molecule has 0 saturated carbocycles. The number of nitrogens with one attached hydrogen (secondary N) is 1. The van der Waals surface area contributed by atoms with Crippen LogP contribution in [-0.4, -0.2) is 60.2 Å². The SMILES string of the molecule is C=C/C=C(\C=C(/I)C[C@H](NC(=O)c1c(Cl)cc2c(c1Cl)CCN(C(=O)/C=C/c1ccccc1O)C2)C(=O)O)S(C)(=O)=O. The molecule has 2 aromatic rings. The standard InChI is InChI=1S/C29H27Cl2IN2O7S/c1-3-6-20(42(2,40)41)14-19(32)15-23(29(38)39)33-28(37)26-22(30)13-18-16-34(12-11-21(18)27(26)31)25(36)10-9-17-7-4-5-8-24(17)35/h3-10,13-14,23,35H,1,11-12,15-16H2,2H3,(H,33,37)(H,38,39)/b10-9+,19-14-,20-6+/t23-/m0/s1. The minimum atomic E-state index is -3.59. The molecule has 2 aromatic carbocycles. The number of carbonyl (C=O) groups is 3. The molecule has 13 heteroatoms. The molecule has 1 heterocycles. The fraction of sp³-hybridized carbons (Fsp3) is 0.207. The van der Waals surface area contributed by atoms with Crippen molar-refractivity contribution in [2.75, 3.05) is 12.8 Å². The van der Waals surface area contributed by atoms with E-state index < -0.39 is 27.8 Å². The molecule has 0 radical (unpaired) electrons. The molecule has 0 fully saturated rings. The first-order chi connectivity index (χ1) is 19.7. The highest BCUT2D eigenvalue weighted by Gasteiger charge is 2.29. The minimum Gasteiger partial charge on any atom is -0.507 e. The first-order valence-electron chi connectivity index (χ1n) is 12.4.